The Morgan fingerprint density at radius 3 is 2.40 bits per heavy atom. The molecule has 2 rings (SSSR count). The van der Waals surface area contributed by atoms with Crippen LogP contribution >= 0.6 is 7.49 Å². The second kappa shape index (κ2) is 7.77. The monoisotopic (exact) mass is 377 g/mol. The van der Waals surface area contributed by atoms with Gasteiger partial charge in [0, 0.05) is 0 Å². The van der Waals surface area contributed by atoms with Crippen LogP contribution in [-0.2, 0) is 9.32 Å². The zero-order valence-corrected chi connectivity index (χ0v) is 17.0. The van der Waals surface area contributed by atoms with Crippen LogP contribution in [0.5, 0.6) is 0 Å². The van der Waals surface area contributed by atoms with Crippen molar-refractivity contribution in [1.29, 1.82) is 0 Å². The Morgan fingerprint density at radius 2 is 1.88 bits per heavy atom. The fourth-order valence-electron chi connectivity index (χ4n) is 4.41. The number of aliphatic hydroxyl groups excluding tert-OH is 2. The van der Waals surface area contributed by atoms with Crippen molar-refractivity contribution in [2.24, 2.45) is 11.8 Å². The van der Waals surface area contributed by atoms with Gasteiger partial charge in [-0.3, -0.25) is 0 Å². The van der Waals surface area contributed by atoms with Crippen molar-refractivity contribution in [3.05, 3.63) is 0 Å². The number of carbonyl (C=O) groups is 1. The van der Waals surface area contributed by atoms with E-state index < -0.39 is 37.3 Å². The second-order valence-electron chi connectivity index (χ2n) is 8.91. The molecule has 25 heavy (non-hydrogen) atoms. The summed E-state index contributed by atoms with van der Waals surface area (Å²) in [5, 5.41) is 35.1. The first-order valence-electron chi connectivity index (χ1n) is 9.52. The third-order valence-electron chi connectivity index (χ3n) is 6.04. The third kappa shape index (κ3) is 4.19. The molecule has 0 aromatic heterocycles. The Hall–Kier alpha value is -0.260. The number of aliphatic hydroxyl groups is 3. The van der Waals surface area contributed by atoms with E-state index in [0.717, 1.165) is 32.1 Å². The molecule has 2 aliphatic rings. The van der Waals surface area contributed by atoms with Crippen molar-refractivity contribution in [3.63, 3.8) is 0 Å². The zero-order chi connectivity index (χ0) is 18.9. The number of hydrogen-bond donors (Lipinski definition) is 4. The van der Waals surface area contributed by atoms with E-state index in [1.165, 1.54) is 0 Å². The topological polar surface area (TPSA) is 99.0 Å². The normalized spacial score (nSPS) is 36.3. The predicted molar refractivity (Wildman–Crippen MR) is 101 cm³/mol. The summed E-state index contributed by atoms with van der Waals surface area (Å²) in [7, 11) is -1.70. The molecule has 1 saturated heterocycles. The van der Waals surface area contributed by atoms with Gasteiger partial charge in [0.05, 0.1) is 0 Å². The van der Waals surface area contributed by atoms with Gasteiger partial charge in [0.25, 0.3) is 0 Å². The molecule has 7 heteroatoms. The average molecular weight is 377 g/mol. The standard InChI is InChI=1S/C18H36NO5P/c1-17(23)14(10-11-24-25(2,3)4)16(22)19-18(17,12-20)15(21)13-8-6-5-7-9-13/h13-15,20-21,23,25H,5-12H2,1-4H3,(H,19,22)/t14-,15-,17-,18+/m0/s1. The zero-order valence-electron chi connectivity index (χ0n) is 16.0. The van der Waals surface area contributed by atoms with Gasteiger partial charge in [-0.15, -0.1) is 0 Å². The average Bonchev–Trinajstić information content (AvgIpc) is 2.74. The molecule has 1 saturated carbocycles. The maximum atomic E-state index is 12.6. The van der Waals surface area contributed by atoms with Gasteiger partial charge in [-0.1, -0.05) is 0 Å². The summed E-state index contributed by atoms with van der Waals surface area (Å²) in [6.45, 7) is 7.70. The van der Waals surface area contributed by atoms with Crippen LogP contribution in [0.4, 0.5) is 0 Å². The van der Waals surface area contributed by atoms with Gasteiger partial charge in [0.2, 0.25) is 0 Å². The summed E-state index contributed by atoms with van der Waals surface area (Å²) in [5.74, 6) is -1.02. The molecule has 1 aliphatic carbocycles. The van der Waals surface area contributed by atoms with Gasteiger partial charge in [-0.2, -0.15) is 0 Å². The second-order valence-corrected chi connectivity index (χ2v) is 13.4. The van der Waals surface area contributed by atoms with Crippen LogP contribution in [0, 0.1) is 11.8 Å². The summed E-state index contributed by atoms with van der Waals surface area (Å²) in [6, 6.07) is 0. The van der Waals surface area contributed by atoms with Gasteiger partial charge < -0.3 is 0 Å². The summed E-state index contributed by atoms with van der Waals surface area (Å²) in [6.07, 6.45) is 4.35. The van der Waals surface area contributed by atoms with E-state index in [2.05, 4.69) is 25.3 Å². The summed E-state index contributed by atoms with van der Waals surface area (Å²) in [4.78, 5) is 12.6. The first-order chi connectivity index (χ1) is 11.5. The number of carbonyl (C=O) groups excluding carboxylic acids is 1. The fraction of sp³-hybridized carbons (Fsp3) is 0.944. The van der Waals surface area contributed by atoms with Gasteiger partial charge >= 0.3 is 151 Å². The molecule has 0 unspecified atom stereocenters. The Bertz CT molecular complexity index is 473. The van der Waals surface area contributed by atoms with E-state index in [-0.39, 0.29) is 11.8 Å². The number of rotatable bonds is 7. The molecule has 4 atom stereocenters. The molecule has 2 fully saturated rings. The summed E-state index contributed by atoms with van der Waals surface area (Å²) in [5.41, 5.74) is -2.94. The molecule has 4 N–H and O–H groups in total. The van der Waals surface area contributed by atoms with E-state index in [1.807, 2.05) is 0 Å². The molecule has 0 aromatic rings. The van der Waals surface area contributed by atoms with Crippen molar-refractivity contribution in [2.45, 2.75) is 62.7 Å². The van der Waals surface area contributed by atoms with Gasteiger partial charge in [-0.05, 0) is 0 Å². The Kier molecular flexibility index (Phi) is 6.54. The van der Waals surface area contributed by atoms with Crippen molar-refractivity contribution >= 4 is 13.4 Å². The van der Waals surface area contributed by atoms with Crippen molar-refractivity contribution in [3.8, 4) is 0 Å². The van der Waals surface area contributed by atoms with Crippen LogP contribution in [0.15, 0.2) is 0 Å². The van der Waals surface area contributed by atoms with Crippen LogP contribution in [0.25, 0.3) is 0 Å². The predicted octanol–water partition coefficient (Wildman–Crippen LogP) is 1.12. The first kappa shape index (κ1) is 21.0. The third-order valence-corrected chi connectivity index (χ3v) is 7.11. The maximum absolute atomic E-state index is 12.6. The van der Waals surface area contributed by atoms with Crippen molar-refractivity contribution < 1.29 is 24.6 Å². The molecule has 0 spiro atoms. The minimum absolute atomic E-state index is 0.00958. The number of hydrogen-bond acceptors (Lipinski definition) is 5. The van der Waals surface area contributed by atoms with E-state index in [4.69, 9.17) is 4.52 Å². The molecule has 0 radical (unpaired) electrons. The molecule has 1 aliphatic heterocycles. The molecular weight excluding hydrogens is 341 g/mol. The fourth-order valence-corrected chi connectivity index (χ4v) is 5.14. The molecule has 0 aromatic carbocycles. The number of nitrogens with one attached hydrogen (secondary N) is 1. The van der Waals surface area contributed by atoms with Crippen LogP contribution in [-0.4, -0.2) is 71.7 Å². The Morgan fingerprint density at radius 1 is 1.28 bits per heavy atom. The van der Waals surface area contributed by atoms with Crippen LogP contribution < -0.4 is 5.32 Å². The molecular formula is C18H36NO5P. The van der Waals surface area contributed by atoms with Crippen molar-refractivity contribution in [2.75, 3.05) is 33.2 Å². The van der Waals surface area contributed by atoms with Crippen LogP contribution in [0.3, 0.4) is 0 Å². The molecule has 148 valence electrons. The summed E-state index contributed by atoms with van der Waals surface area (Å²) < 4.78 is 5.83. The van der Waals surface area contributed by atoms with E-state index in [9.17, 15) is 20.1 Å². The van der Waals surface area contributed by atoms with Gasteiger partial charge in [-0.25, -0.2) is 0 Å². The first-order valence-corrected chi connectivity index (χ1v) is 12.9. The Labute approximate surface area is 151 Å². The number of amides is 1. The van der Waals surface area contributed by atoms with Gasteiger partial charge in [0.15, 0.2) is 0 Å². The minimum atomic E-state index is -1.70. The Balaban J connectivity index is 2.17. The van der Waals surface area contributed by atoms with E-state index in [0.29, 0.717) is 13.0 Å². The molecule has 1 heterocycles. The van der Waals surface area contributed by atoms with Gasteiger partial charge in [0.1, 0.15) is 0 Å². The van der Waals surface area contributed by atoms with E-state index in [1.54, 1.807) is 6.92 Å². The van der Waals surface area contributed by atoms with E-state index >= 15 is 0 Å². The van der Waals surface area contributed by atoms with Crippen LogP contribution in [0.2, 0.25) is 0 Å². The summed E-state index contributed by atoms with van der Waals surface area (Å²) >= 11 is 0. The SMILES string of the molecule is C[C@]1(O)[C@@H](CCO[PH](C)(C)C)C(=O)N[C@]1(CO)[C@@H](O)C1CCCCC1. The molecule has 0 bridgehead atoms. The van der Waals surface area contributed by atoms with Crippen LogP contribution in [0.1, 0.15) is 45.4 Å². The molecule has 6 nitrogen and oxygen atoms in total. The quantitative estimate of drug-likeness (QED) is 0.498. The van der Waals surface area contributed by atoms with Crippen molar-refractivity contribution in [1.82, 2.24) is 5.32 Å². The molecule has 1 amide bonds.